The van der Waals surface area contributed by atoms with Gasteiger partial charge in [-0.3, -0.25) is 4.79 Å². The van der Waals surface area contributed by atoms with Gasteiger partial charge in [0.25, 0.3) is 5.91 Å². The van der Waals surface area contributed by atoms with Crippen LogP contribution in [0.25, 0.3) is 0 Å². The minimum atomic E-state index is -0.376. The summed E-state index contributed by atoms with van der Waals surface area (Å²) < 4.78 is 0. The highest BCUT2D eigenvalue weighted by Gasteiger charge is 2.09. The number of nitrogens with zero attached hydrogens (tertiary/aromatic N) is 2. The van der Waals surface area contributed by atoms with E-state index in [0.29, 0.717) is 21.6 Å². The third-order valence-corrected chi connectivity index (χ3v) is 2.81. The van der Waals surface area contributed by atoms with Gasteiger partial charge in [-0.25, -0.2) is 0 Å². The lowest BCUT2D eigenvalue weighted by Gasteiger charge is -2.06. The van der Waals surface area contributed by atoms with Crippen LogP contribution in [-0.4, -0.2) is 22.6 Å². The lowest BCUT2D eigenvalue weighted by molar-refractivity contribution is 0.102. The maximum Gasteiger partial charge on any atom is 0.276 e. The summed E-state index contributed by atoms with van der Waals surface area (Å²) in [7, 11) is 0. The molecule has 0 saturated heterocycles. The lowest BCUT2D eigenvalue weighted by Crippen LogP contribution is -2.14. The fourth-order valence-electron chi connectivity index (χ4n) is 1.55. The van der Waals surface area contributed by atoms with Crippen molar-refractivity contribution in [2.75, 3.05) is 17.2 Å². The first kappa shape index (κ1) is 14.6. The van der Waals surface area contributed by atoms with Gasteiger partial charge in [0.1, 0.15) is 5.82 Å². The SMILES string of the molecule is CCNc1ccc(C(=O)Nc2cc(Cl)cc(Cl)c2)nn1. The standard InChI is InChI=1S/C13H12Cl2N4O/c1-2-16-12-4-3-11(18-19-12)13(20)17-10-6-8(14)5-9(15)7-10/h3-7H,2H2,1H3,(H,16,19)(H,17,20). The number of amides is 1. The summed E-state index contributed by atoms with van der Waals surface area (Å²) in [5.41, 5.74) is 0.716. The molecule has 0 bridgehead atoms. The van der Waals surface area contributed by atoms with Crippen LogP contribution in [0.2, 0.25) is 10.0 Å². The summed E-state index contributed by atoms with van der Waals surface area (Å²) >= 11 is 11.7. The summed E-state index contributed by atoms with van der Waals surface area (Å²) in [4.78, 5) is 12.0. The molecule has 2 rings (SSSR count). The molecule has 0 aliphatic heterocycles. The molecule has 0 aliphatic rings. The molecule has 1 amide bonds. The van der Waals surface area contributed by atoms with Crippen molar-refractivity contribution in [2.45, 2.75) is 6.92 Å². The zero-order valence-electron chi connectivity index (χ0n) is 10.7. The molecule has 104 valence electrons. The molecule has 7 heteroatoms. The summed E-state index contributed by atoms with van der Waals surface area (Å²) in [6, 6.07) is 8.07. The molecule has 1 aromatic heterocycles. The topological polar surface area (TPSA) is 66.9 Å². The van der Waals surface area contributed by atoms with Gasteiger partial charge in [-0.05, 0) is 37.3 Å². The molecule has 2 aromatic rings. The first-order valence-electron chi connectivity index (χ1n) is 5.93. The Hall–Kier alpha value is -1.85. The zero-order chi connectivity index (χ0) is 14.5. The summed E-state index contributed by atoms with van der Waals surface area (Å²) in [5.74, 6) is 0.244. The number of hydrogen-bond acceptors (Lipinski definition) is 4. The molecule has 1 aromatic carbocycles. The Morgan fingerprint density at radius 2 is 1.85 bits per heavy atom. The van der Waals surface area contributed by atoms with E-state index in [9.17, 15) is 4.79 Å². The Kier molecular flexibility index (Phi) is 4.76. The molecule has 0 spiro atoms. The highest BCUT2D eigenvalue weighted by molar-refractivity contribution is 6.35. The monoisotopic (exact) mass is 310 g/mol. The van der Waals surface area contributed by atoms with Crippen molar-refractivity contribution in [3.8, 4) is 0 Å². The number of anilines is 2. The second-order valence-electron chi connectivity index (χ2n) is 3.95. The van der Waals surface area contributed by atoms with Gasteiger partial charge in [-0.1, -0.05) is 23.2 Å². The minimum Gasteiger partial charge on any atom is -0.369 e. The first-order chi connectivity index (χ1) is 9.58. The molecule has 0 fully saturated rings. The lowest BCUT2D eigenvalue weighted by atomic mass is 10.3. The van der Waals surface area contributed by atoms with Crippen LogP contribution in [0.3, 0.4) is 0 Å². The van der Waals surface area contributed by atoms with Crippen molar-refractivity contribution >= 4 is 40.6 Å². The normalized spacial score (nSPS) is 10.2. The third-order valence-electron chi connectivity index (χ3n) is 2.38. The number of benzene rings is 1. The van der Waals surface area contributed by atoms with Crippen LogP contribution in [0.5, 0.6) is 0 Å². The number of aromatic nitrogens is 2. The van der Waals surface area contributed by atoms with Gasteiger partial charge >= 0.3 is 0 Å². The van der Waals surface area contributed by atoms with Crippen LogP contribution in [0.1, 0.15) is 17.4 Å². The fourth-order valence-corrected chi connectivity index (χ4v) is 2.08. The number of halogens is 2. The minimum absolute atomic E-state index is 0.211. The highest BCUT2D eigenvalue weighted by Crippen LogP contribution is 2.22. The van der Waals surface area contributed by atoms with Gasteiger partial charge in [-0.2, -0.15) is 0 Å². The van der Waals surface area contributed by atoms with E-state index < -0.39 is 0 Å². The van der Waals surface area contributed by atoms with E-state index >= 15 is 0 Å². The highest BCUT2D eigenvalue weighted by atomic mass is 35.5. The van der Waals surface area contributed by atoms with Crippen LogP contribution in [-0.2, 0) is 0 Å². The molecule has 0 atom stereocenters. The van der Waals surface area contributed by atoms with E-state index in [4.69, 9.17) is 23.2 Å². The Balaban J connectivity index is 2.11. The quantitative estimate of drug-likeness (QED) is 0.907. The molecule has 5 nitrogen and oxygen atoms in total. The Morgan fingerprint density at radius 1 is 1.15 bits per heavy atom. The van der Waals surface area contributed by atoms with Crippen LogP contribution < -0.4 is 10.6 Å². The fraction of sp³-hybridized carbons (Fsp3) is 0.154. The van der Waals surface area contributed by atoms with E-state index in [2.05, 4.69) is 20.8 Å². The van der Waals surface area contributed by atoms with Crippen molar-refractivity contribution in [2.24, 2.45) is 0 Å². The molecular formula is C13H12Cl2N4O. The van der Waals surface area contributed by atoms with Gasteiger partial charge in [-0.15, -0.1) is 10.2 Å². The molecule has 0 radical (unpaired) electrons. The summed E-state index contributed by atoms with van der Waals surface area (Å²) in [5, 5.41) is 14.3. The van der Waals surface area contributed by atoms with Gasteiger partial charge in [0.05, 0.1) is 0 Å². The van der Waals surface area contributed by atoms with Crippen LogP contribution in [0.15, 0.2) is 30.3 Å². The van der Waals surface area contributed by atoms with Gasteiger partial charge in [0.15, 0.2) is 5.69 Å². The molecule has 0 unspecified atom stereocenters. The van der Waals surface area contributed by atoms with E-state index in [1.54, 1.807) is 30.3 Å². The molecule has 1 heterocycles. The van der Waals surface area contributed by atoms with Crippen molar-refractivity contribution in [3.63, 3.8) is 0 Å². The zero-order valence-corrected chi connectivity index (χ0v) is 12.2. The van der Waals surface area contributed by atoms with E-state index in [-0.39, 0.29) is 11.6 Å². The number of carbonyl (C=O) groups is 1. The predicted octanol–water partition coefficient (Wildman–Crippen LogP) is 3.47. The van der Waals surface area contributed by atoms with E-state index in [1.165, 1.54) is 0 Å². The Bertz CT molecular complexity index is 596. The number of rotatable bonds is 4. The van der Waals surface area contributed by atoms with Crippen LogP contribution in [0, 0.1) is 0 Å². The number of hydrogen-bond donors (Lipinski definition) is 2. The summed E-state index contributed by atoms with van der Waals surface area (Å²) in [6.45, 7) is 2.69. The first-order valence-corrected chi connectivity index (χ1v) is 6.69. The van der Waals surface area contributed by atoms with Crippen LogP contribution in [0.4, 0.5) is 11.5 Å². The Morgan fingerprint density at radius 3 is 2.40 bits per heavy atom. The maximum atomic E-state index is 12.0. The maximum absolute atomic E-state index is 12.0. The predicted molar refractivity (Wildman–Crippen MR) is 80.6 cm³/mol. The molecule has 0 saturated carbocycles. The second-order valence-corrected chi connectivity index (χ2v) is 4.82. The second kappa shape index (κ2) is 6.54. The largest absolute Gasteiger partial charge is 0.369 e. The molecule has 2 N–H and O–H groups in total. The molecular weight excluding hydrogens is 299 g/mol. The molecule has 20 heavy (non-hydrogen) atoms. The van der Waals surface area contributed by atoms with Crippen LogP contribution >= 0.6 is 23.2 Å². The number of nitrogens with one attached hydrogen (secondary N) is 2. The van der Waals surface area contributed by atoms with Crippen molar-refractivity contribution in [1.82, 2.24) is 10.2 Å². The van der Waals surface area contributed by atoms with E-state index in [1.807, 2.05) is 6.92 Å². The third kappa shape index (κ3) is 3.82. The smallest absolute Gasteiger partial charge is 0.276 e. The summed E-state index contributed by atoms with van der Waals surface area (Å²) in [6.07, 6.45) is 0. The van der Waals surface area contributed by atoms with Crippen molar-refractivity contribution < 1.29 is 4.79 Å². The van der Waals surface area contributed by atoms with Gasteiger partial charge < -0.3 is 10.6 Å². The van der Waals surface area contributed by atoms with Crippen molar-refractivity contribution in [1.29, 1.82) is 0 Å². The van der Waals surface area contributed by atoms with Gasteiger partial charge in [0, 0.05) is 22.3 Å². The molecule has 0 aliphatic carbocycles. The number of carbonyl (C=O) groups excluding carboxylic acids is 1. The average molecular weight is 311 g/mol. The Labute approximate surface area is 126 Å². The van der Waals surface area contributed by atoms with E-state index in [0.717, 1.165) is 6.54 Å². The van der Waals surface area contributed by atoms with Gasteiger partial charge in [0.2, 0.25) is 0 Å². The van der Waals surface area contributed by atoms with Crippen molar-refractivity contribution in [3.05, 3.63) is 46.1 Å². The average Bonchev–Trinajstić information content (AvgIpc) is 2.38.